The van der Waals surface area contributed by atoms with Gasteiger partial charge in [0, 0.05) is 12.2 Å². The summed E-state index contributed by atoms with van der Waals surface area (Å²) >= 11 is 0. The van der Waals surface area contributed by atoms with Crippen molar-refractivity contribution in [2.45, 2.75) is 13.0 Å². The molecule has 1 aromatic carbocycles. The molecule has 1 heterocycles. The highest BCUT2D eigenvalue weighted by Crippen LogP contribution is 2.22. The van der Waals surface area contributed by atoms with E-state index in [-0.39, 0.29) is 17.3 Å². The minimum atomic E-state index is -0.611. The van der Waals surface area contributed by atoms with Crippen LogP contribution in [0.25, 0.3) is 5.69 Å². The van der Waals surface area contributed by atoms with Gasteiger partial charge in [-0.15, -0.1) is 0 Å². The minimum Gasteiger partial charge on any atom is -0.366 e. The standard InChI is InChI=1S/C12H13FN4O/c1-7(14)9-3-2-4-10(13)11(9)17-6-8(5-16-17)12(15)18/h2-7H,14H2,1H3,(H2,15,18). The number of hydrogen-bond acceptors (Lipinski definition) is 3. The molecule has 1 unspecified atom stereocenters. The first kappa shape index (κ1) is 12.3. The maximum absolute atomic E-state index is 13.9. The van der Waals surface area contributed by atoms with Crippen LogP contribution in [0.1, 0.15) is 28.9 Å². The maximum Gasteiger partial charge on any atom is 0.251 e. The predicted molar refractivity (Wildman–Crippen MR) is 64.6 cm³/mol. The van der Waals surface area contributed by atoms with Crippen LogP contribution in [0, 0.1) is 5.82 Å². The van der Waals surface area contributed by atoms with Crippen molar-refractivity contribution in [3.63, 3.8) is 0 Å². The van der Waals surface area contributed by atoms with Crippen molar-refractivity contribution in [3.05, 3.63) is 47.5 Å². The summed E-state index contributed by atoms with van der Waals surface area (Å²) in [6.45, 7) is 1.75. The van der Waals surface area contributed by atoms with E-state index in [4.69, 9.17) is 11.5 Å². The molecule has 1 atom stereocenters. The molecular weight excluding hydrogens is 235 g/mol. The largest absolute Gasteiger partial charge is 0.366 e. The number of hydrogen-bond donors (Lipinski definition) is 2. The van der Waals surface area contributed by atoms with E-state index in [1.165, 1.54) is 23.1 Å². The van der Waals surface area contributed by atoms with Crippen LogP contribution >= 0.6 is 0 Å². The Labute approximate surface area is 103 Å². The molecule has 0 bridgehead atoms. The van der Waals surface area contributed by atoms with Gasteiger partial charge in [-0.3, -0.25) is 4.79 Å². The topological polar surface area (TPSA) is 86.9 Å². The second-order valence-electron chi connectivity index (χ2n) is 4.00. The Bertz CT molecular complexity index is 592. The van der Waals surface area contributed by atoms with Crippen LogP contribution in [0.4, 0.5) is 4.39 Å². The third-order valence-electron chi connectivity index (χ3n) is 2.60. The summed E-state index contributed by atoms with van der Waals surface area (Å²) in [6.07, 6.45) is 2.67. The number of nitrogens with zero attached hydrogens (tertiary/aromatic N) is 2. The molecule has 0 saturated heterocycles. The van der Waals surface area contributed by atoms with Gasteiger partial charge in [-0.25, -0.2) is 9.07 Å². The quantitative estimate of drug-likeness (QED) is 0.853. The molecule has 6 heteroatoms. The lowest BCUT2D eigenvalue weighted by Gasteiger charge is -2.13. The van der Waals surface area contributed by atoms with E-state index >= 15 is 0 Å². The molecule has 2 aromatic rings. The molecule has 0 aliphatic carbocycles. The van der Waals surface area contributed by atoms with Crippen molar-refractivity contribution in [3.8, 4) is 5.69 Å². The van der Waals surface area contributed by atoms with Gasteiger partial charge >= 0.3 is 0 Å². The average molecular weight is 248 g/mol. The van der Waals surface area contributed by atoms with Gasteiger partial charge < -0.3 is 11.5 Å². The zero-order valence-corrected chi connectivity index (χ0v) is 9.80. The van der Waals surface area contributed by atoms with Gasteiger partial charge in [0.15, 0.2) is 0 Å². The lowest BCUT2D eigenvalue weighted by Crippen LogP contribution is -2.12. The summed E-state index contributed by atoms with van der Waals surface area (Å²) in [5, 5.41) is 3.93. The van der Waals surface area contributed by atoms with Crippen LogP contribution < -0.4 is 11.5 Å². The van der Waals surface area contributed by atoms with Crippen molar-refractivity contribution >= 4 is 5.91 Å². The van der Waals surface area contributed by atoms with E-state index in [1.807, 2.05) is 0 Å². The lowest BCUT2D eigenvalue weighted by atomic mass is 10.1. The molecule has 4 N–H and O–H groups in total. The Hall–Kier alpha value is -2.21. The van der Waals surface area contributed by atoms with Crippen molar-refractivity contribution in [1.82, 2.24) is 9.78 Å². The fourth-order valence-corrected chi connectivity index (χ4v) is 1.71. The molecule has 2 rings (SSSR count). The number of carbonyl (C=O) groups excluding carboxylic acids is 1. The molecule has 94 valence electrons. The van der Waals surface area contributed by atoms with E-state index in [0.717, 1.165) is 0 Å². The first-order valence-electron chi connectivity index (χ1n) is 5.39. The summed E-state index contributed by atoms with van der Waals surface area (Å²) in [5.74, 6) is -1.07. The first-order chi connectivity index (χ1) is 8.50. The second kappa shape index (κ2) is 4.58. The number of halogens is 1. The molecule has 18 heavy (non-hydrogen) atoms. The minimum absolute atomic E-state index is 0.217. The fourth-order valence-electron chi connectivity index (χ4n) is 1.71. The lowest BCUT2D eigenvalue weighted by molar-refractivity contribution is 0.100. The van der Waals surface area contributed by atoms with Crippen molar-refractivity contribution in [2.75, 3.05) is 0 Å². The molecule has 0 spiro atoms. The zero-order valence-electron chi connectivity index (χ0n) is 9.80. The van der Waals surface area contributed by atoms with Gasteiger partial charge in [-0.2, -0.15) is 5.10 Å². The van der Waals surface area contributed by atoms with E-state index in [1.54, 1.807) is 19.1 Å². The number of nitrogens with two attached hydrogens (primary N) is 2. The van der Waals surface area contributed by atoms with Crippen molar-refractivity contribution in [1.29, 1.82) is 0 Å². The third-order valence-corrected chi connectivity index (χ3v) is 2.60. The van der Waals surface area contributed by atoms with Gasteiger partial charge in [0.1, 0.15) is 11.5 Å². The van der Waals surface area contributed by atoms with Crippen molar-refractivity contribution < 1.29 is 9.18 Å². The van der Waals surface area contributed by atoms with Gasteiger partial charge in [0.25, 0.3) is 5.91 Å². The van der Waals surface area contributed by atoms with E-state index < -0.39 is 11.7 Å². The van der Waals surface area contributed by atoms with Gasteiger partial charge in [-0.1, -0.05) is 12.1 Å². The smallest absolute Gasteiger partial charge is 0.251 e. The first-order valence-corrected chi connectivity index (χ1v) is 5.39. The highest BCUT2D eigenvalue weighted by Gasteiger charge is 2.15. The van der Waals surface area contributed by atoms with Crippen LogP contribution in [0.2, 0.25) is 0 Å². The Balaban J connectivity index is 2.58. The number of carbonyl (C=O) groups is 1. The van der Waals surface area contributed by atoms with Crippen LogP contribution in [0.15, 0.2) is 30.6 Å². The number of aromatic nitrogens is 2. The molecule has 0 saturated carbocycles. The monoisotopic (exact) mass is 248 g/mol. The third kappa shape index (κ3) is 2.10. The molecule has 0 fully saturated rings. The summed E-state index contributed by atoms with van der Waals surface area (Å²) < 4.78 is 15.1. The predicted octanol–water partition coefficient (Wildman–Crippen LogP) is 1.13. The van der Waals surface area contributed by atoms with Crippen molar-refractivity contribution in [2.24, 2.45) is 11.5 Å². The normalized spacial score (nSPS) is 12.4. The van der Waals surface area contributed by atoms with Crippen LogP contribution in [0.5, 0.6) is 0 Å². The summed E-state index contributed by atoms with van der Waals surface area (Å²) in [7, 11) is 0. The molecule has 5 nitrogen and oxygen atoms in total. The SMILES string of the molecule is CC(N)c1cccc(F)c1-n1cc(C(N)=O)cn1. The molecule has 0 aliphatic rings. The van der Waals surface area contributed by atoms with Crippen LogP contribution in [-0.2, 0) is 0 Å². The second-order valence-corrected chi connectivity index (χ2v) is 4.00. The highest BCUT2D eigenvalue weighted by atomic mass is 19.1. The number of primary amides is 1. The van der Waals surface area contributed by atoms with Gasteiger partial charge in [0.05, 0.1) is 11.8 Å². The van der Waals surface area contributed by atoms with E-state index in [9.17, 15) is 9.18 Å². The maximum atomic E-state index is 13.9. The van der Waals surface area contributed by atoms with Gasteiger partial charge in [-0.05, 0) is 18.6 Å². The number of para-hydroxylation sites is 1. The highest BCUT2D eigenvalue weighted by molar-refractivity contribution is 5.92. The van der Waals surface area contributed by atoms with E-state index in [2.05, 4.69) is 5.10 Å². The summed E-state index contributed by atoms with van der Waals surface area (Å²) in [4.78, 5) is 11.0. The Morgan fingerprint density at radius 2 is 2.22 bits per heavy atom. The number of rotatable bonds is 3. The Morgan fingerprint density at radius 1 is 1.50 bits per heavy atom. The zero-order chi connectivity index (χ0) is 13.3. The average Bonchev–Trinajstić information content (AvgIpc) is 2.77. The summed E-state index contributed by atoms with van der Waals surface area (Å²) in [5.41, 5.74) is 12.0. The summed E-state index contributed by atoms with van der Waals surface area (Å²) in [6, 6.07) is 4.26. The van der Waals surface area contributed by atoms with E-state index in [0.29, 0.717) is 5.56 Å². The molecular formula is C12H13FN4O. The Kier molecular flexibility index (Phi) is 3.12. The molecule has 1 amide bonds. The Morgan fingerprint density at radius 3 is 2.78 bits per heavy atom. The van der Waals surface area contributed by atoms with Gasteiger partial charge in [0.2, 0.25) is 0 Å². The molecule has 1 aromatic heterocycles. The number of amides is 1. The van der Waals surface area contributed by atoms with Crippen LogP contribution in [-0.4, -0.2) is 15.7 Å². The number of benzene rings is 1. The fraction of sp³-hybridized carbons (Fsp3) is 0.167. The molecule has 0 aliphatic heterocycles. The molecule has 0 radical (unpaired) electrons. The van der Waals surface area contributed by atoms with Crippen LogP contribution in [0.3, 0.4) is 0 Å².